The first-order valence-electron chi connectivity index (χ1n) is 7.64. The highest BCUT2D eigenvalue weighted by molar-refractivity contribution is 5.94. The Labute approximate surface area is 135 Å². The normalized spacial score (nSPS) is 10.3. The van der Waals surface area contributed by atoms with Crippen molar-refractivity contribution in [3.8, 4) is 0 Å². The molecule has 1 N–H and O–H groups in total. The predicted molar refractivity (Wildman–Crippen MR) is 85.8 cm³/mol. The zero-order chi connectivity index (χ0) is 16.7. The van der Waals surface area contributed by atoms with Crippen molar-refractivity contribution < 1.29 is 9.59 Å². The van der Waals surface area contributed by atoms with Gasteiger partial charge in [-0.05, 0) is 19.4 Å². The van der Waals surface area contributed by atoms with E-state index >= 15 is 0 Å². The third-order valence-corrected chi connectivity index (χ3v) is 3.32. The van der Waals surface area contributed by atoms with Gasteiger partial charge in [0.15, 0.2) is 5.69 Å². The molecule has 0 atom stereocenters. The van der Waals surface area contributed by atoms with Crippen molar-refractivity contribution in [3.05, 3.63) is 47.8 Å². The quantitative estimate of drug-likeness (QED) is 0.824. The van der Waals surface area contributed by atoms with E-state index in [-0.39, 0.29) is 24.1 Å². The molecule has 1 aromatic carbocycles. The molecule has 0 aliphatic heterocycles. The maximum Gasteiger partial charge on any atom is 0.276 e. The van der Waals surface area contributed by atoms with Crippen LogP contribution in [0.15, 0.2) is 36.5 Å². The zero-order valence-corrected chi connectivity index (χ0v) is 13.4. The zero-order valence-electron chi connectivity index (χ0n) is 13.4. The molecule has 2 amide bonds. The molecule has 2 aromatic rings. The number of nitrogens with zero attached hydrogens (tertiary/aromatic N) is 4. The van der Waals surface area contributed by atoms with E-state index in [0.29, 0.717) is 19.6 Å². The highest BCUT2D eigenvalue weighted by Crippen LogP contribution is 2.04. The summed E-state index contributed by atoms with van der Waals surface area (Å²) in [6, 6.07) is 9.81. The molecule has 7 nitrogen and oxygen atoms in total. The van der Waals surface area contributed by atoms with Gasteiger partial charge >= 0.3 is 0 Å². The summed E-state index contributed by atoms with van der Waals surface area (Å²) in [6.07, 6.45) is 1.61. The van der Waals surface area contributed by atoms with Crippen LogP contribution in [0, 0.1) is 0 Å². The summed E-state index contributed by atoms with van der Waals surface area (Å²) in [5.74, 6) is -0.475. The van der Waals surface area contributed by atoms with E-state index in [1.54, 1.807) is 10.9 Å². The van der Waals surface area contributed by atoms with Crippen LogP contribution in [-0.2, 0) is 11.3 Å². The lowest BCUT2D eigenvalue weighted by Gasteiger charge is -2.18. The number of carbonyl (C=O) groups is 2. The molecule has 7 heteroatoms. The Morgan fingerprint density at radius 1 is 1.22 bits per heavy atom. The SMILES string of the molecule is CCNC(=O)CN(CC)C(=O)c1cn(Cc2ccccc2)nn1. The van der Waals surface area contributed by atoms with E-state index in [0.717, 1.165) is 5.56 Å². The number of hydrogen-bond donors (Lipinski definition) is 1. The molecule has 122 valence electrons. The summed E-state index contributed by atoms with van der Waals surface area (Å²) < 4.78 is 1.61. The van der Waals surface area contributed by atoms with Gasteiger partial charge in [-0.25, -0.2) is 4.68 Å². The van der Waals surface area contributed by atoms with Gasteiger partial charge in [0.25, 0.3) is 5.91 Å². The minimum Gasteiger partial charge on any atom is -0.355 e. The van der Waals surface area contributed by atoms with Gasteiger partial charge in [-0.1, -0.05) is 35.5 Å². The Morgan fingerprint density at radius 3 is 2.61 bits per heavy atom. The Hall–Kier alpha value is -2.70. The van der Waals surface area contributed by atoms with Crippen molar-refractivity contribution in [1.29, 1.82) is 0 Å². The molecule has 0 saturated carbocycles. The van der Waals surface area contributed by atoms with E-state index in [1.165, 1.54) is 4.90 Å². The Balaban J connectivity index is 2.03. The number of carbonyl (C=O) groups excluding carboxylic acids is 2. The molecule has 0 saturated heterocycles. The molecule has 0 unspecified atom stereocenters. The molecule has 0 bridgehead atoms. The van der Waals surface area contributed by atoms with E-state index in [2.05, 4.69) is 15.6 Å². The molecule has 1 aromatic heterocycles. The maximum absolute atomic E-state index is 12.4. The molecule has 2 rings (SSSR count). The van der Waals surface area contributed by atoms with E-state index < -0.39 is 0 Å². The summed E-state index contributed by atoms with van der Waals surface area (Å²) in [5.41, 5.74) is 1.32. The number of amides is 2. The van der Waals surface area contributed by atoms with E-state index in [1.807, 2.05) is 44.2 Å². The molecule has 23 heavy (non-hydrogen) atoms. The van der Waals surface area contributed by atoms with Gasteiger partial charge in [0, 0.05) is 13.1 Å². The van der Waals surface area contributed by atoms with Gasteiger partial charge in [0.1, 0.15) is 0 Å². The first-order valence-corrected chi connectivity index (χ1v) is 7.64. The average Bonchev–Trinajstić information content (AvgIpc) is 3.01. The van der Waals surface area contributed by atoms with Crippen LogP contribution in [-0.4, -0.2) is 51.3 Å². The highest BCUT2D eigenvalue weighted by atomic mass is 16.2. The van der Waals surface area contributed by atoms with Gasteiger partial charge < -0.3 is 10.2 Å². The van der Waals surface area contributed by atoms with Gasteiger partial charge in [-0.3, -0.25) is 9.59 Å². The average molecular weight is 315 g/mol. The molecular formula is C16H21N5O2. The molecule has 0 aliphatic rings. The van der Waals surface area contributed by atoms with Crippen LogP contribution in [0.2, 0.25) is 0 Å². The number of likely N-dealkylation sites (N-methyl/N-ethyl adjacent to an activating group) is 2. The number of aromatic nitrogens is 3. The van der Waals surface area contributed by atoms with Gasteiger partial charge in [0.2, 0.25) is 5.91 Å². The lowest BCUT2D eigenvalue weighted by Crippen LogP contribution is -2.40. The molecule has 0 fully saturated rings. The standard InChI is InChI=1S/C16H21N5O2/c1-3-17-15(22)12-20(4-2)16(23)14-11-21(19-18-14)10-13-8-6-5-7-9-13/h5-9,11H,3-4,10,12H2,1-2H3,(H,17,22). The van der Waals surface area contributed by atoms with Crippen LogP contribution in [0.5, 0.6) is 0 Å². The monoisotopic (exact) mass is 315 g/mol. The fraction of sp³-hybridized carbons (Fsp3) is 0.375. The third-order valence-electron chi connectivity index (χ3n) is 3.32. The predicted octanol–water partition coefficient (Wildman–Crippen LogP) is 0.925. The van der Waals surface area contributed by atoms with Gasteiger partial charge in [0.05, 0.1) is 19.3 Å². The third kappa shape index (κ3) is 4.64. The smallest absolute Gasteiger partial charge is 0.276 e. The van der Waals surface area contributed by atoms with E-state index in [9.17, 15) is 9.59 Å². The topological polar surface area (TPSA) is 80.1 Å². The second kappa shape index (κ2) is 8.07. The van der Waals surface area contributed by atoms with Crippen LogP contribution >= 0.6 is 0 Å². The Morgan fingerprint density at radius 2 is 1.96 bits per heavy atom. The van der Waals surface area contributed by atoms with Crippen molar-refractivity contribution >= 4 is 11.8 Å². The van der Waals surface area contributed by atoms with Gasteiger partial charge in [-0.2, -0.15) is 0 Å². The lowest BCUT2D eigenvalue weighted by molar-refractivity contribution is -0.121. The van der Waals surface area contributed by atoms with Crippen LogP contribution < -0.4 is 5.32 Å². The second-order valence-electron chi connectivity index (χ2n) is 5.06. The fourth-order valence-electron chi connectivity index (χ4n) is 2.16. The summed E-state index contributed by atoms with van der Waals surface area (Å²) >= 11 is 0. The van der Waals surface area contributed by atoms with Crippen LogP contribution in [0.4, 0.5) is 0 Å². The van der Waals surface area contributed by atoms with Crippen molar-refractivity contribution in [2.24, 2.45) is 0 Å². The summed E-state index contributed by atoms with van der Waals surface area (Å²) in [6.45, 7) is 5.20. The molecule has 0 radical (unpaired) electrons. The molecule has 0 spiro atoms. The second-order valence-corrected chi connectivity index (χ2v) is 5.06. The summed E-state index contributed by atoms with van der Waals surface area (Å²) in [4.78, 5) is 25.5. The lowest BCUT2D eigenvalue weighted by atomic mass is 10.2. The number of benzene rings is 1. The molecular weight excluding hydrogens is 294 g/mol. The Bertz CT molecular complexity index is 654. The number of nitrogens with one attached hydrogen (secondary N) is 1. The fourth-order valence-corrected chi connectivity index (χ4v) is 2.16. The van der Waals surface area contributed by atoms with Crippen molar-refractivity contribution in [3.63, 3.8) is 0 Å². The van der Waals surface area contributed by atoms with Crippen LogP contribution in [0.1, 0.15) is 29.9 Å². The van der Waals surface area contributed by atoms with Gasteiger partial charge in [-0.15, -0.1) is 5.10 Å². The van der Waals surface area contributed by atoms with Crippen molar-refractivity contribution in [2.45, 2.75) is 20.4 Å². The first-order chi connectivity index (χ1) is 11.1. The number of rotatable bonds is 7. The highest BCUT2D eigenvalue weighted by Gasteiger charge is 2.20. The molecule has 1 heterocycles. The largest absolute Gasteiger partial charge is 0.355 e. The van der Waals surface area contributed by atoms with Crippen LogP contribution in [0.3, 0.4) is 0 Å². The van der Waals surface area contributed by atoms with Crippen molar-refractivity contribution in [2.75, 3.05) is 19.6 Å². The Kier molecular flexibility index (Phi) is 5.85. The first kappa shape index (κ1) is 16.7. The van der Waals surface area contributed by atoms with Crippen molar-refractivity contribution in [1.82, 2.24) is 25.2 Å². The summed E-state index contributed by atoms with van der Waals surface area (Å²) in [7, 11) is 0. The van der Waals surface area contributed by atoms with E-state index in [4.69, 9.17) is 0 Å². The number of hydrogen-bond acceptors (Lipinski definition) is 4. The maximum atomic E-state index is 12.4. The minimum atomic E-state index is -0.293. The molecule has 0 aliphatic carbocycles. The minimum absolute atomic E-state index is 0.0225. The summed E-state index contributed by atoms with van der Waals surface area (Å²) in [5, 5.41) is 10.6. The van der Waals surface area contributed by atoms with Crippen LogP contribution in [0.25, 0.3) is 0 Å².